The minimum Gasteiger partial charge on any atom is -0.458 e. The maximum absolute atomic E-state index is 4.00. The molecule has 0 radical (unpaired) electrons. The Bertz CT molecular complexity index is 146. The van der Waals surface area contributed by atoms with Crippen molar-refractivity contribution in [3.8, 4) is 0 Å². The molecule has 0 amide bonds. The Morgan fingerprint density at radius 2 is 2.18 bits per heavy atom. The van der Waals surface area contributed by atoms with E-state index in [4.69, 9.17) is 0 Å². The van der Waals surface area contributed by atoms with E-state index in [0.29, 0.717) is 0 Å². The zero-order chi connectivity index (χ0) is 7.84. The molecule has 2 aliphatic heterocycles. The molecule has 0 aliphatic carbocycles. The lowest BCUT2D eigenvalue weighted by molar-refractivity contribution is 0.157. The Morgan fingerprint density at radius 3 is 2.91 bits per heavy atom. The number of likely N-dealkylation sites (tertiary alicyclic amines) is 2. The van der Waals surface area contributed by atoms with Crippen molar-refractivity contribution < 1.29 is 0 Å². The largest absolute Gasteiger partial charge is 0.458 e. The summed E-state index contributed by atoms with van der Waals surface area (Å²) in [7, 11) is 6.25. The summed E-state index contributed by atoms with van der Waals surface area (Å²) in [6, 6.07) is 0.807. The van der Waals surface area contributed by atoms with E-state index in [2.05, 4.69) is 23.9 Å². The summed E-state index contributed by atoms with van der Waals surface area (Å²) in [6.07, 6.45) is 2.80. The van der Waals surface area contributed by atoms with Crippen molar-refractivity contribution in [2.45, 2.75) is 18.9 Å². The molecule has 2 fully saturated rings. The summed E-state index contributed by atoms with van der Waals surface area (Å²) in [5, 5.41) is 0. The first-order chi connectivity index (χ1) is 5.27. The number of nitrogens with zero attached hydrogens (tertiary/aromatic N) is 2. The molecule has 0 N–H and O–H groups in total. The van der Waals surface area contributed by atoms with Crippen molar-refractivity contribution in [1.82, 2.24) is 9.80 Å². The van der Waals surface area contributed by atoms with Gasteiger partial charge in [0.1, 0.15) is 0 Å². The Hall–Kier alpha value is -0.0800. The van der Waals surface area contributed by atoms with Gasteiger partial charge < -0.3 is 9.80 Å². The van der Waals surface area contributed by atoms with Crippen molar-refractivity contribution >= 4 is 0 Å². The van der Waals surface area contributed by atoms with E-state index in [0.717, 1.165) is 12.0 Å². The summed E-state index contributed by atoms with van der Waals surface area (Å²) in [6.45, 7) is 3.69. The molecular formula is C9H17N2-. The van der Waals surface area contributed by atoms with E-state index in [9.17, 15) is 0 Å². The van der Waals surface area contributed by atoms with E-state index in [1.165, 1.54) is 32.5 Å². The van der Waals surface area contributed by atoms with Gasteiger partial charge in [-0.05, 0) is 45.4 Å². The molecule has 0 spiro atoms. The lowest BCUT2D eigenvalue weighted by Gasteiger charge is -2.34. The lowest BCUT2D eigenvalue weighted by atomic mass is 9.93. The van der Waals surface area contributed by atoms with Gasteiger partial charge in [-0.25, -0.2) is 0 Å². The second-order valence-electron chi connectivity index (χ2n) is 3.99. The van der Waals surface area contributed by atoms with Crippen molar-refractivity contribution in [1.29, 1.82) is 0 Å². The van der Waals surface area contributed by atoms with Crippen molar-refractivity contribution in [3.63, 3.8) is 0 Å². The summed E-state index contributed by atoms with van der Waals surface area (Å²) in [5.41, 5.74) is 0. The van der Waals surface area contributed by atoms with Crippen LogP contribution < -0.4 is 0 Å². The van der Waals surface area contributed by atoms with Gasteiger partial charge in [0.2, 0.25) is 0 Å². The van der Waals surface area contributed by atoms with E-state index in [1.807, 2.05) is 0 Å². The number of hydrogen-bond acceptors (Lipinski definition) is 2. The first-order valence-electron chi connectivity index (χ1n) is 4.53. The first-order valence-corrected chi connectivity index (χ1v) is 4.53. The average molecular weight is 153 g/mol. The van der Waals surface area contributed by atoms with Crippen molar-refractivity contribution in [2.75, 3.05) is 26.7 Å². The molecule has 2 aliphatic rings. The molecule has 11 heavy (non-hydrogen) atoms. The van der Waals surface area contributed by atoms with Crippen LogP contribution in [0.3, 0.4) is 0 Å². The van der Waals surface area contributed by atoms with E-state index in [-0.39, 0.29) is 0 Å². The third-order valence-corrected chi connectivity index (χ3v) is 3.13. The van der Waals surface area contributed by atoms with E-state index < -0.39 is 0 Å². The van der Waals surface area contributed by atoms with Crippen LogP contribution in [0.1, 0.15) is 12.8 Å². The minimum absolute atomic E-state index is 0.807. The van der Waals surface area contributed by atoms with Gasteiger partial charge in [0.05, 0.1) is 0 Å². The van der Waals surface area contributed by atoms with E-state index >= 15 is 0 Å². The molecule has 0 unspecified atom stereocenters. The predicted octanol–water partition coefficient (Wildman–Crippen LogP) is 0.804. The highest BCUT2D eigenvalue weighted by Crippen LogP contribution is 2.28. The SMILES string of the molecule is [CH2-]N1C[C@@H]2CCCN(C)[C@@H]2C1. The molecule has 0 saturated carbocycles. The van der Waals surface area contributed by atoms with Crippen LogP contribution in [0.15, 0.2) is 0 Å². The van der Waals surface area contributed by atoms with Crippen LogP contribution in [0.2, 0.25) is 0 Å². The van der Waals surface area contributed by atoms with Crippen LogP contribution in [0.4, 0.5) is 0 Å². The van der Waals surface area contributed by atoms with Crippen molar-refractivity contribution in [2.24, 2.45) is 5.92 Å². The van der Waals surface area contributed by atoms with Crippen LogP contribution in [0.25, 0.3) is 0 Å². The minimum atomic E-state index is 0.807. The standard InChI is InChI=1S/C9H17N2/c1-10-6-8-4-3-5-11(2)9(8)7-10/h8-9H,1,3-7H2,2H3/q-1/t8-,9+/m0/s1. The summed E-state index contributed by atoms with van der Waals surface area (Å²) >= 11 is 0. The molecule has 2 heterocycles. The highest BCUT2D eigenvalue weighted by molar-refractivity contribution is 4.92. The monoisotopic (exact) mass is 153 g/mol. The van der Waals surface area contributed by atoms with Gasteiger partial charge in [-0.2, -0.15) is 0 Å². The molecule has 2 saturated heterocycles. The van der Waals surface area contributed by atoms with Gasteiger partial charge >= 0.3 is 0 Å². The van der Waals surface area contributed by atoms with E-state index in [1.54, 1.807) is 0 Å². The van der Waals surface area contributed by atoms with Gasteiger partial charge in [0.25, 0.3) is 0 Å². The average Bonchev–Trinajstić information content (AvgIpc) is 2.31. The van der Waals surface area contributed by atoms with Gasteiger partial charge in [0.15, 0.2) is 0 Å². The molecule has 0 aromatic rings. The fourth-order valence-electron chi connectivity index (χ4n) is 2.49. The number of hydrogen-bond donors (Lipinski definition) is 0. The molecule has 0 aromatic heterocycles. The zero-order valence-electron chi connectivity index (χ0n) is 7.29. The summed E-state index contributed by atoms with van der Waals surface area (Å²) in [4.78, 5) is 4.72. The third-order valence-electron chi connectivity index (χ3n) is 3.13. The number of fused-ring (bicyclic) bond motifs is 1. The van der Waals surface area contributed by atoms with Gasteiger partial charge in [-0.3, -0.25) is 7.05 Å². The highest BCUT2D eigenvalue weighted by atomic mass is 15.2. The fraction of sp³-hybridized carbons (Fsp3) is 0.889. The molecule has 64 valence electrons. The van der Waals surface area contributed by atoms with Gasteiger partial charge in [-0.1, -0.05) is 0 Å². The predicted molar refractivity (Wildman–Crippen MR) is 46.1 cm³/mol. The van der Waals surface area contributed by atoms with Crippen LogP contribution in [-0.2, 0) is 0 Å². The van der Waals surface area contributed by atoms with Crippen LogP contribution in [0.5, 0.6) is 0 Å². The zero-order valence-corrected chi connectivity index (χ0v) is 7.29. The lowest BCUT2D eigenvalue weighted by Crippen LogP contribution is -2.42. The Balaban J connectivity index is 2.03. The van der Waals surface area contributed by atoms with Gasteiger partial charge in [0, 0.05) is 6.04 Å². The second kappa shape index (κ2) is 2.76. The molecule has 0 bridgehead atoms. The summed E-state index contributed by atoms with van der Waals surface area (Å²) < 4.78 is 0. The topological polar surface area (TPSA) is 6.48 Å². The molecule has 2 rings (SSSR count). The maximum atomic E-state index is 4.00. The number of rotatable bonds is 0. The van der Waals surface area contributed by atoms with Crippen LogP contribution in [-0.4, -0.2) is 42.5 Å². The Labute approximate surface area is 69.2 Å². The third kappa shape index (κ3) is 1.30. The first kappa shape index (κ1) is 7.56. The Morgan fingerprint density at radius 1 is 1.36 bits per heavy atom. The van der Waals surface area contributed by atoms with Crippen LogP contribution in [0, 0.1) is 13.0 Å². The molecule has 0 aromatic carbocycles. The normalized spacial score (nSPS) is 40.9. The second-order valence-corrected chi connectivity index (χ2v) is 3.99. The number of piperidine rings is 1. The molecule has 2 atom stereocenters. The maximum Gasteiger partial charge on any atom is 0.0235 e. The quantitative estimate of drug-likeness (QED) is 0.475. The fourth-order valence-corrected chi connectivity index (χ4v) is 2.49. The summed E-state index contributed by atoms with van der Waals surface area (Å²) in [5.74, 6) is 0.909. The molecule has 2 nitrogen and oxygen atoms in total. The molecular weight excluding hydrogens is 136 g/mol. The smallest absolute Gasteiger partial charge is 0.0235 e. The number of likely N-dealkylation sites (N-methyl/N-ethyl adjacent to an activating group) is 1. The Kier molecular flexibility index (Phi) is 1.90. The van der Waals surface area contributed by atoms with Crippen LogP contribution >= 0.6 is 0 Å². The van der Waals surface area contributed by atoms with Gasteiger partial charge in [-0.15, -0.1) is 0 Å². The van der Waals surface area contributed by atoms with Crippen molar-refractivity contribution in [3.05, 3.63) is 7.05 Å². The molecule has 2 heteroatoms. The highest BCUT2D eigenvalue weighted by Gasteiger charge is 2.33.